The average Bonchev–Trinajstić information content (AvgIpc) is 2.94. The van der Waals surface area contributed by atoms with Crippen molar-refractivity contribution in [3.63, 3.8) is 0 Å². The molecular weight excluding hydrogens is 619 g/mol. The van der Waals surface area contributed by atoms with Gasteiger partial charge in [0.1, 0.15) is 0 Å². The Kier molecular flexibility index (Phi) is 9.97. The van der Waals surface area contributed by atoms with Crippen molar-refractivity contribution in [2.24, 2.45) is 0 Å². The summed E-state index contributed by atoms with van der Waals surface area (Å²) in [6, 6.07) is 37.0. The number of nitrogens with zero attached hydrogens (tertiary/aromatic N) is 2. The third-order valence-corrected chi connectivity index (χ3v) is 5.21. The number of aromatic nitrogens is 2. The molecule has 0 fully saturated rings. The number of alkyl halides is 2. The molecule has 0 spiro atoms. The molecule has 1 radical (unpaired) electrons. The Bertz CT molecular complexity index is 1260. The van der Waals surface area contributed by atoms with Gasteiger partial charge in [-0.1, -0.05) is 59.7 Å². The van der Waals surface area contributed by atoms with E-state index in [4.69, 9.17) is 0 Å². The van der Waals surface area contributed by atoms with Crippen molar-refractivity contribution in [1.82, 2.24) is 9.97 Å². The smallest absolute Gasteiger partial charge is 0.0982 e. The monoisotopic (exact) mass is 641 g/mol. The molecule has 0 aliphatic rings. The summed E-state index contributed by atoms with van der Waals surface area (Å²) < 4.78 is 25.2. The second-order valence-electron chi connectivity index (χ2n) is 7.45. The Morgan fingerprint density at radius 3 is 2.03 bits per heavy atom. The van der Waals surface area contributed by atoms with E-state index in [1.165, 1.54) is 17.2 Å². The van der Waals surface area contributed by atoms with E-state index in [2.05, 4.69) is 40.3 Å². The maximum Gasteiger partial charge on any atom is 0.0982 e. The van der Waals surface area contributed by atoms with E-state index >= 15 is 0 Å². The topological polar surface area (TPSA) is 25.8 Å². The normalized spacial score (nSPS) is 10.0. The maximum absolute atomic E-state index is 12.7. The molecule has 177 valence electrons. The van der Waals surface area contributed by atoms with E-state index in [0.29, 0.717) is 22.4 Å². The summed E-state index contributed by atoms with van der Waals surface area (Å²) in [5.74, 6) is 0. The van der Waals surface area contributed by atoms with Crippen LogP contribution in [0, 0.1) is 12.1 Å². The van der Waals surface area contributed by atoms with Gasteiger partial charge in [-0.05, 0) is 34.6 Å². The minimum Gasteiger partial charge on any atom is -0.305 e. The van der Waals surface area contributed by atoms with Crippen LogP contribution in [0.25, 0.3) is 33.6 Å². The van der Waals surface area contributed by atoms with Crippen LogP contribution < -0.4 is 0 Å². The molecule has 0 saturated carbocycles. The van der Waals surface area contributed by atoms with Crippen molar-refractivity contribution in [3.05, 3.63) is 133 Å². The van der Waals surface area contributed by atoms with Gasteiger partial charge in [0.25, 0.3) is 0 Å². The number of halogens is 2. The molecule has 2 heterocycles. The van der Waals surface area contributed by atoms with Crippen LogP contribution in [0.1, 0.15) is 11.1 Å². The molecule has 2 aromatic heterocycles. The zero-order chi connectivity index (χ0) is 23.6. The molecule has 2 nitrogen and oxygen atoms in total. The first-order valence-corrected chi connectivity index (χ1v) is 10.8. The van der Waals surface area contributed by atoms with Gasteiger partial charge in [-0.3, -0.25) is 4.39 Å². The second kappa shape index (κ2) is 13.4. The summed E-state index contributed by atoms with van der Waals surface area (Å²) in [4.78, 5) is 8.54. The number of benzene rings is 3. The Balaban J connectivity index is 0.000000192. The summed E-state index contributed by atoms with van der Waals surface area (Å²) in [6.45, 7) is -1.34. The molecule has 5 rings (SSSR count). The maximum atomic E-state index is 12.7. The summed E-state index contributed by atoms with van der Waals surface area (Å²) in [5, 5.41) is 0. The van der Waals surface area contributed by atoms with Gasteiger partial charge >= 0.3 is 0 Å². The van der Waals surface area contributed by atoms with Gasteiger partial charge in [-0.15, -0.1) is 59.7 Å². The zero-order valence-corrected chi connectivity index (χ0v) is 21.2. The van der Waals surface area contributed by atoms with E-state index in [0.717, 1.165) is 11.3 Å². The minimum atomic E-state index is -0.673. The fraction of sp³-hybridized carbons (Fsp3) is 0.0667. The van der Waals surface area contributed by atoms with Gasteiger partial charge in [-0.2, -0.15) is 0 Å². The molecule has 0 amide bonds. The summed E-state index contributed by atoms with van der Waals surface area (Å²) >= 11 is 0. The van der Waals surface area contributed by atoms with E-state index in [1.54, 1.807) is 18.3 Å². The molecule has 5 aromatic rings. The SMILES string of the molecule is FCc1c[c-]c(-c2ccccn2)cc1CF.[Ir].[c-]1ccccc1-c1cc(-c2ccccc2)ccn1. The molecule has 35 heavy (non-hydrogen) atoms. The molecular formula is C30H22F2IrN2-2. The predicted octanol–water partition coefficient (Wildman–Crippen LogP) is 7.70. The predicted molar refractivity (Wildman–Crippen MR) is 132 cm³/mol. The van der Waals surface area contributed by atoms with Gasteiger partial charge in [0.05, 0.1) is 13.3 Å². The van der Waals surface area contributed by atoms with Crippen LogP contribution in [-0.2, 0) is 33.5 Å². The number of hydrogen-bond donors (Lipinski definition) is 0. The Labute approximate surface area is 218 Å². The summed E-state index contributed by atoms with van der Waals surface area (Å²) in [5.41, 5.74) is 6.47. The molecule has 0 saturated heterocycles. The first-order valence-electron chi connectivity index (χ1n) is 10.8. The number of hydrogen-bond acceptors (Lipinski definition) is 2. The number of rotatable bonds is 5. The van der Waals surface area contributed by atoms with Gasteiger partial charge < -0.3 is 9.97 Å². The molecule has 0 unspecified atom stereocenters. The van der Waals surface area contributed by atoms with Crippen molar-refractivity contribution in [2.45, 2.75) is 13.3 Å². The van der Waals surface area contributed by atoms with Crippen molar-refractivity contribution in [1.29, 1.82) is 0 Å². The second-order valence-corrected chi connectivity index (χ2v) is 7.45. The first-order chi connectivity index (χ1) is 16.8. The van der Waals surface area contributed by atoms with Crippen molar-refractivity contribution >= 4 is 0 Å². The van der Waals surface area contributed by atoms with Crippen LogP contribution in [0.15, 0.2) is 109 Å². The minimum absolute atomic E-state index is 0. The van der Waals surface area contributed by atoms with E-state index < -0.39 is 13.3 Å². The van der Waals surface area contributed by atoms with Gasteiger partial charge in [-0.25, -0.2) is 4.39 Å². The van der Waals surface area contributed by atoms with Gasteiger partial charge in [0, 0.05) is 32.5 Å². The third-order valence-electron chi connectivity index (χ3n) is 5.21. The van der Waals surface area contributed by atoms with Crippen LogP contribution in [0.4, 0.5) is 8.78 Å². The molecule has 0 aliphatic carbocycles. The summed E-state index contributed by atoms with van der Waals surface area (Å²) in [7, 11) is 0. The van der Waals surface area contributed by atoms with E-state index in [9.17, 15) is 8.78 Å². The molecule has 0 atom stereocenters. The zero-order valence-electron chi connectivity index (χ0n) is 18.8. The Hall–Kier alpha value is -3.53. The average molecular weight is 641 g/mol. The Morgan fingerprint density at radius 2 is 1.34 bits per heavy atom. The fourth-order valence-electron chi connectivity index (χ4n) is 3.43. The van der Waals surface area contributed by atoms with E-state index in [1.807, 2.05) is 66.9 Å². The molecule has 0 aliphatic heterocycles. The van der Waals surface area contributed by atoms with Gasteiger partial charge in [0.15, 0.2) is 0 Å². The van der Waals surface area contributed by atoms with Gasteiger partial charge in [0.2, 0.25) is 0 Å². The fourth-order valence-corrected chi connectivity index (χ4v) is 3.43. The molecule has 0 bridgehead atoms. The van der Waals surface area contributed by atoms with Crippen LogP contribution >= 0.6 is 0 Å². The standard InChI is InChI=1S/C17H12N.C13H10F2N.Ir/c1-3-7-14(8-4-1)16-11-12-18-17(13-16)15-9-5-2-6-10-15;14-8-11-5-4-10(7-12(11)9-15)13-3-1-2-6-16-13;/h1-9,11-13H;1-3,5-7H,8-9H2;/q2*-1;. The molecule has 0 N–H and O–H groups in total. The largest absolute Gasteiger partial charge is 0.305 e. The quantitative estimate of drug-likeness (QED) is 0.184. The van der Waals surface area contributed by atoms with E-state index in [-0.39, 0.29) is 20.1 Å². The van der Waals surface area contributed by atoms with Crippen LogP contribution in [0.5, 0.6) is 0 Å². The first kappa shape index (κ1) is 26.1. The van der Waals surface area contributed by atoms with Crippen molar-refractivity contribution in [3.8, 4) is 33.6 Å². The van der Waals surface area contributed by atoms with Crippen molar-refractivity contribution in [2.75, 3.05) is 0 Å². The third kappa shape index (κ3) is 6.98. The Morgan fingerprint density at radius 1 is 0.600 bits per heavy atom. The molecule has 3 aromatic carbocycles. The number of pyridine rings is 2. The van der Waals surface area contributed by atoms with Crippen LogP contribution in [0.3, 0.4) is 0 Å². The van der Waals surface area contributed by atoms with Crippen molar-refractivity contribution < 1.29 is 28.9 Å². The van der Waals surface area contributed by atoms with Crippen LogP contribution in [0.2, 0.25) is 0 Å². The van der Waals surface area contributed by atoms with Crippen LogP contribution in [-0.4, -0.2) is 9.97 Å². The summed E-state index contributed by atoms with van der Waals surface area (Å²) in [6.07, 6.45) is 3.50. The molecule has 5 heteroatoms.